The van der Waals surface area contributed by atoms with Crippen LogP contribution in [0, 0.1) is 5.41 Å². The molecule has 102 valence electrons. The van der Waals surface area contributed by atoms with Gasteiger partial charge in [-0.25, -0.2) is 0 Å². The normalized spacial score (nSPS) is 13.7. The molecular formula is C13H20Cl2N2O. The molecule has 1 atom stereocenters. The SMILES string of the molecule is CC(C)(C)CNCC(O)c1cc(Cl)c(N)c(Cl)c1. The monoisotopic (exact) mass is 290 g/mol. The van der Waals surface area contributed by atoms with Crippen LogP contribution in [0.4, 0.5) is 5.69 Å². The Kier molecular flexibility index (Phi) is 5.29. The quantitative estimate of drug-likeness (QED) is 0.746. The summed E-state index contributed by atoms with van der Waals surface area (Å²) in [4.78, 5) is 0. The van der Waals surface area contributed by atoms with E-state index in [0.717, 1.165) is 6.54 Å². The van der Waals surface area contributed by atoms with Crippen molar-refractivity contribution in [2.45, 2.75) is 26.9 Å². The molecule has 0 aliphatic heterocycles. The van der Waals surface area contributed by atoms with Crippen molar-refractivity contribution in [3.63, 3.8) is 0 Å². The number of nitrogen functional groups attached to an aromatic ring is 1. The summed E-state index contributed by atoms with van der Waals surface area (Å²) in [7, 11) is 0. The average molecular weight is 291 g/mol. The number of aliphatic hydroxyl groups is 1. The van der Waals surface area contributed by atoms with Crippen molar-refractivity contribution in [3.05, 3.63) is 27.7 Å². The van der Waals surface area contributed by atoms with Gasteiger partial charge in [-0.3, -0.25) is 0 Å². The zero-order chi connectivity index (χ0) is 13.9. The summed E-state index contributed by atoms with van der Waals surface area (Å²) < 4.78 is 0. The lowest BCUT2D eigenvalue weighted by molar-refractivity contribution is 0.170. The third-order valence-electron chi connectivity index (χ3n) is 2.48. The van der Waals surface area contributed by atoms with Crippen LogP contribution in [0.5, 0.6) is 0 Å². The lowest BCUT2D eigenvalue weighted by Crippen LogP contribution is -2.30. The fraction of sp³-hybridized carbons (Fsp3) is 0.538. The van der Waals surface area contributed by atoms with Gasteiger partial charge in [-0.2, -0.15) is 0 Å². The first kappa shape index (κ1) is 15.6. The van der Waals surface area contributed by atoms with E-state index in [4.69, 9.17) is 28.9 Å². The third kappa shape index (κ3) is 4.65. The van der Waals surface area contributed by atoms with Gasteiger partial charge in [0.05, 0.1) is 21.8 Å². The van der Waals surface area contributed by atoms with E-state index >= 15 is 0 Å². The Balaban J connectivity index is 2.65. The molecule has 0 bridgehead atoms. The molecule has 0 aliphatic rings. The topological polar surface area (TPSA) is 58.3 Å². The first-order chi connectivity index (χ1) is 8.20. The summed E-state index contributed by atoms with van der Waals surface area (Å²) in [6, 6.07) is 3.29. The molecule has 0 amide bonds. The van der Waals surface area contributed by atoms with Crippen molar-refractivity contribution in [3.8, 4) is 0 Å². The lowest BCUT2D eigenvalue weighted by Gasteiger charge is -2.21. The van der Waals surface area contributed by atoms with E-state index in [2.05, 4.69) is 26.1 Å². The minimum Gasteiger partial charge on any atom is -0.396 e. The smallest absolute Gasteiger partial charge is 0.0915 e. The average Bonchev–Trinajstić information content (AvgIpc) is 2.23. The fourth-order valence-corrected chi connectivity index (χ4v) is 2.00. The van der Waals surface area contributed by atoms with Crippen LogP contribution in [0.25, 0.3) is 0 Å². The number of anilines is 1. The van der Waals surface area contributed by atoms with Crippen molar-refractivity contribution >= 4 is 28.9 Å². The highest BCUT2D eigenvalue weighted by Crippen LogP contribution is 2.31. The molecule has 0 saturated carbocycles. The lowest BCUT2D eigenvalue weighted by atomic mass is 9.97. The van der Waals surface area contributed by atoms with Gasteiger partial charge in [0.15, 0.2) is 0 Å². The second kappa shape index (κ2) is 6.11. The van der Waals surface area contributed by atoms with E-state index in [1.54, 1.807) is 12.1 Å². The molecule has 1 aromatic carbocycles. The standard InChI is InChI=1S/C13H20Cl2N2O/c1-13(2,3)7-17-6-11(18)8-4-9(14)12(16)10(15)5-8/h4-5,11,17-18H,6-7,16H2,1-3H3. The Labute approximate surface area is 118 Å². The number of nitrogens with one attached hydrogen (secondary N) is 1. The molecule has 0 aliphatic carbocycles. The van der Waals surface area contributed by atoms with Crippen LogP contribution in [0.15, 0.2) is 12.1 Å². The van der Waals surface area contributed by atoms with Gasteiger partial charge < -0.3 is 16.2 Å². The minimum atomic E-state index is -0.650. The van der Waals surface area contributed by atoms with Gasteiger partial charge in [0.1, 0.15) is 0 Å². The number of nitrogens with two attached hydrogens (primary N) is 1. The number of hydrogen-bond acceptors (Lipinski definition) is 3. The molecule has 0 saturated heterocycles. The molecule has 1 unspecified atom stereocenters. The maximum absolute atomic E-state index is 10.0. The number of aliphatic hydroxyl groups excluding tert-OH is 1. The molecule has 0 heterocycles. The summed E-state index contributed by atoms with van der Waals surface area (Å²) in [5, 5.41) is 14.0. The molecule has 0 aromatic heterocycles. The molecular weight excluding hydrogens is 271 g/mol. The van der Waals surface area contributed by atoms with Crippen LogP contribution in [-0.4, -0.2) is 18.2 Å². The Morgan fingerprint density at radius 1 is 1.28 bits per heavy atom. The van der Waals surface area contributed by atoms with Gasteiger partial charge in [0.2, 0.25) is 0 Å². The van der Waals surface area contributed by atoms with E-state index in [0.29, 0.717) is 27.8 Å². The van der Waals surface area contributed by atoms with Crippen molar-refractivity contribution in [1.29, 1.82) is 0 Å². The summed E-state index contributed by atoms with van der Waals surface area (Å²) in [6.45, 7) is 7.66. The Morgan fingerprint density at radius 3 is 2.22 bits per heavy atom. The molecule has 0 radical (unpaired) electrons. The van der Waals surface area contributed by atoms with Crippen LogP contribution in [0.1, 0.15) is 32.4 Å². The first-order valence-electron chi connectivity index (χ1n) is 5.84. The Bertz CT molecular complexity index is 393. The van der Waals surface area contributed by atoms with Crippen LogP contribution in [0.2, 0.25) is 10.0 Å². The van der Waals surface area contributed by atoms with Crippen molar-refractivity contribution < 1.29 is 5.11 Å². The van der Waals surface area contributed by atoms with Gasteiger partial charge in [0.25, 0.3) is 0 Å². The summed E-state index contributed by atoms with van der Waals surface area (Å²) in [5.41, 5.74) is 6.84. The Hall–Kier alpha value is -0.480. The molecule has 1 rings (SSSR count). The van der Waals surface area contributed by atoms with Gasteiger partial charge in [-0.05, 0) is 23.1 Å². The molecule has 3 nitrogen and oxygen atoms in total. The van der Waals surface area contributed by atoms with Crippen molar-refractivity contribution in [2.75, 3.05) is 18.8 Å². The zero-order valence-corrected chi connectivity index (χ0v) is 12.4. The predicted molar refractivity (Wildman–Crippen MR) is 78.2 cm³/mol. The van der Waals surface area contributed by atoms with E-state index in [1.807, 2.05) is 0 Å². The maximum atomic E-state index is 10.0. The number of benzene rings is 1. The fourth-order valence-electron chi connectivity index (χ4n) is 1.50. The van der Waals surface area contributed by atoms with Crippen LogP contribution < -0.4 is 11.1 Å². The summed E-state index contributed by atoms with van der Waals surface area (Å²) in [5.74, 6) is 0. The molecule has 0 fully saturated rings. The van der Waals surface area contributed by atoms with Gasteiger partial charge >= 0.3 is 0 Å². The maximum Gasteiger partial charge on any atom is 0.0915 e. The van der Waals surface area contributed by atoms with Crippen LogP contribution in [-0.2, 0) is 0 Å². The van der Waals surface area contributed by atoms with Crippen molar-refractivity contribution in [1.82, 2.24) is 5.32 Å². The van der Waals surface area contributed by atoms with E-state index < -0.39 is 6.10 Å². The second-order valence-electron chi connectivity index (χ2n) is 5.61. The first-order valence-corrected chi connectivity index (χ1v) is 6.59. The van der Waals surface area contributed by atoms with E-state index in [9.17, 15) is 5.11 Å². The highest BCUT2D eigenvalue weighted by molar-refractivity contribution is 6.38. The van der Waals surface area contributed by atoms with Gasteiger partial charge in [-0.15, -0.1) is 0 Å². The number of halogens is 2. The van der Waals surface area contributed by atoms with Crippen LogP contribution >= 0.6 is 23.2 Å². The van der Waals surface area contributed by atoms with E-state index in [1.165, 1.54) is 0 Å². The van der Waals surface area contributed by atoms with Gasteiger partial charge in [-0.1, -0.05) is 44.0 Å². The van der Waals surface area contributed by atoms with Crippen LogP contribution in [0.3, 0.4) is 0 Å². The van der Waals surface area contributed by atoms with Crippen molar-refractivity contribution in [2.24, 2.45) is 5.41 Å². The molecule has 0 spiro atoms. The minimum absolute atomic E-state index is 0.177. The molecule has 4 N–H and O–H groups in total. The molecule has 18 heavy (non-hydrogen) atoms. The zero-order valence-electron chi connectivity index (χ0n) is 10.9. The highest BCUT2D eigenvalue weighted by atomic mass is 35.5. The molecule has 1 aromatic rings. The highest BCUT2D eigenvalue weighted by Gasteiger charge is 2.14. The summed E-state index contributed by atoms with van der Waals surface area (Å²) in [6.07, 6.45) is -0.650. The largest absolute Gasteiger partial charge is 0.396 e. The number of hydrogen-bond donors (Lipinski definition) is 3. The van der Waals surface area contributed by atoms with Gasteiger partial charge in [0, 0.05) is 13.1 Å². The van der Waals surface area contributed by atoms with E-state index in [-0.39, 0.29) is 5.41 Å². The third-order valence-corrected chi connectivity index (χ3v) is 3.10. The number of rotatable bonds is 4. The second-order valence-corrected chi connectivity index (χ2v) is 6.42. The Morgan fingerprint density at radius 2 is 1.78 bits per heavy atom. The molecule has 5 heteroatoms. The predicted octanol–water partition coefficient (Wildman–Crippen LogP) is 3.24. The summed E-state index contributed by atoms with van der Waals surface area (Å²) >= 11 is 11.9.